The predicted molar refractivity (Wildman–Crippen MR) is 95.1 cm³/mol. The van der Waals surface area contributed by atoms with Crippen LogP contribution in [0.3, 0.4) is 0 Å². The van der Waals surface area contributed by atoms with E-state index >= 15 is 0 Å². The zero-order chi connectivity index (χ0) is 20.8. The van der Waals surface area contributed by atoms with Crippen LogP contribution in [0.15, 0.2) is 23.2 Å². The second-order valence-corrected chi connectivity index (χ2v) is 7.20. The van der Waals surface area contributed by atoms with Crippen LogP contribution in [0.4, 0.5) is 13.2 Å². The molecule has 0 heterocycles. The van der Waals surface area contributed by atoms with E-state index in [9.17, 15) is 27.3 Å². The molecule has 0 aliphatic carbocycles. The lowest BCUT2D eigenvalue weighted by molar-refractivity contribution is -0.137. The monoisotopic (exact) mass is 407 g/mol. The number of halogens is 3. The summed E-state index contributed by atoms with van der Waals surface area (Å²) in [4.78, 5) is 29.2. The Morgan fingerprint density at radius 1 is 1.37 bits per heavy atom. The number of rotatable bonds is 7. The van der Waals surface area contributed by atoms with Gasteiger partial charge in [0.25, 0.3) is 11.8 Å². The fourth-order valence-corrected chi connectivity index (χ4v) is 2.06. The normalized spacial score (nSPS) is 13.9. The lowest BCUT2D eigenvalue weighted by atomic mass is 10.1. The van der Waals surface area contributed by atoms with E-state index in [-0.39, 0.29) is 17.3 Å². The minimum atomic E-state index is -4.71. The molecule has 0 radical (unpaired) electrons. The molecule has 0 aliphatic rings. The van der Waals surface area contributed by atoms with Gasteiger partial charge >= 0.3 is 6.18 Å². The van der Waals surface area contributed by atoms with Gasteiger partial charge in [-0.15, -0.1) is 0 Å². The van der Waals surface area contributed by atoms with Gasteiger partial charge in [-0.3, -0.25) is 9.59 Å². The van der Waals surface area contributed by atoms with Gasteiger partial charge in [0.1, 0.15) is 11.8 Å². The van der Waals surface area contributed by atoms with E-state index in [0.717, 1.165) is 6.07 Å². The molecule has 1 rings (SSSR count). The molecular formula is C16H20F3N3O4S. The van der Waals surface area contributed by atoms with Crippen molar-refractivity contribution in [3.63, 3.8) is 0 Å². The molecule has 0 aromatic heterocycles. The number of hydrogen-bond donors (Lipinski definition) is 1. The van der Waals surface area contributed by atoms with Crippen LogP contribution in [-0.4, -0.2) is 59.9 Å². The molecule has 0 saturated heterocycles. The van der Waals surface area contributed by atoms with Gasteiger partial charge in [0.15, 0.2) is 0 Å². The molecule has 1 N–H and O–H groups in total. The summed E-state index contributed by atoms with van der Waals surface area (Å²) in [5.41, 5.74) is -1.45. The summed E-state index contributed by atoms with van der Waals surface area (Å²) in [6.07, 6.45) is -2.15. The van der Waals surface area contributed by atoms with Crippen LogP contribution in [-0.2, 0) is 22.1 Å². The molecule has 27 heavy (non-hydrogen) atoms. The van der Waals surface area contributed by atoms with E-state index in [1.807, 2.05) is 0 Å². The smallest absolute Gasteiger partial charge is 0.416 e. The number of hydrogen-bond acceptors (Lipinski definition) is 4. The third kappa shape index (κ3) is 7.87. The molecule has 2 atom stereocenters. The molecule has 0 fully saturated rings. The maximum Gasteiger partial charge on any atom is 0.416 e. The molecule has 0 spiro atoms. The summed E-state index contributed by atoms with van der Waals surface area (Å²) in [5.74, 6) is -2.14. The van der Waals surface area contributed by atoms with Crippen LogP contribution < -0.4 is 10.1 Å². The molecular weight excluding hydrogens is 387 g/mol. The summed E-state index contributed by atoms with van der Waals surface area (Å²) in [6, 6.07) is 1.39. The van der Waals surface area contributed by atoms with E-state index in [2.05, 4.69) is 10.3 Å². The maximum absolute atomic E-state index is 13.1. The lowest BCUT2D eigenvalue weighted by Gasteiger charge is -2.15. The largest absolute Gasteiger partial charge is 0.614 e. The zero-order valence-electron chi connectivity index (χ0n) is 15.2. The SMILES string of the molecule is C[C@H](NC(=O)c1cc(OC[S+](C)[O-])cc(C(F)(F)F)c1)C(=O)/N=C/N(C)C. The number of amides is 2. The Hall–Kier alpha value is -2.27. The van der Waals surface area contributed by atoms with Crippen LogP contribution in [0.5, 0.6) is 5.75 Å². The van der Waals surface area contributed by atoms with Gasteiger partial charge < -0.3 is 19.5 Å². The van der Waals surface area contributed by atoms with Crippen molar-refractivity contribution in [2.45, 2.75) is 19.1 Å². The van der Waals surface area contributed by atoms with Gasteiger partial charge in [-0.1, -0.05) is 0 Å². The van der Waals surface area contributed by atoms with Crippen LogP contribution in [0, 0.1) is 0 Å². The fourth-order valence-electron chi connectivity index (χ4n) is 1.75. The Labute approximate surface area is 157 Å². The number of nitrogens with one attached hydrogen (secondary N) is 1. The highest BCUT2D eigenvalue weighted by Crippen LogP contribution is 2.32. The topological polar surface area (TPSA) is 94.1 Å². The number of aliphatic imine (C=N–C) groups is 1. The highest BCUT2D eigenvalue weighted by Gasteiger charge is 2.32. The average Bonchev–Trinajstić information content (AvgIpc) is 2.56. The standard InChI is InChI=1S/C16H20F3N3O4S/c1-10(14(23)20-8-22(2)3)21-15(24)11-5-12(16(17,18)19)7-13(6-11)26-9-27(4)25/h5-8,10H,9H2,1-4H3,(H,21,24)/b20-8+/t10-,27?/m0/s1. The molecule has 7 nitrogen and oxygen atoms in total. The average molecular weight is 407 g/mol. The minimum absolute atomic E-state index is 0.255. The van der Waals surface area contributed by atoms with Gasteiger partial charge in [-0.25, -0.2) is 4.99 Å². The summed E-state index contributed by atoms with van der Waals surface area (Å²) >= 11 is -1.40. The molecule has 1 aromatic carbocycles. The first kappa shape index (κ1) is 22.8. The lowest BCUT2D eigenvalue weighted by Crippen LogP contribution is -2.38. The van der Waals surface area contributed by atoms with Crippen molar-refractivity contribution in [2.75, 3.05) is 26.3 Å². The molecule has 11 heteroatoms. The number of alkyl halides is 3. The van der Waals surface area contributed by atoms with Crippen molar-refractivity contribution in [1.29, 1.82) is 0 Å². The zero-order valence-corrected chi connectivity index (χ0v) is 16.0. The molecule has 2 amide bonds. The quantitative estimate of drug-likeness (QED) is 0.421. The van der Waals surface area contributed by atoms with Gasteiger partial charge in [-0.2, -0.15) is 13.2 Å². The van der Waals surface area contributed by atoms with E-state index in [1.165, 1.54) is 24.4 Å². The Kier molecular flexibility index (Phi) is 8.10. The summed E-state index contributed by atoms with van der Waals surface area (Å²) < 4.78 is 55.3. The first-order valence-corrected chi connectivity index (χ1v) is 9.33. The predicted octanol–water partition coefficient (Wildman–Crippen LogP) is 1.66. The Morgan fingerprint density at radius 3 is 2.52 bits per heavy atom. The van der Waals surface area contributed by atoms with Crippen LogP contribution in [0.25, 0.3) is 0 Å². The van der Waals surface area contributed by atoms with Crippen molar-refractivity contribution < 1.29 is 32.0 Å². The summed E-state index contributed by atoms with van der Waals surface area (Å²) in [6.45, 7) is 1.36. The van der Waals surface area contributed by atoms with Crippen molar-refractivity contribution in [1.82, 2.24) is 10.2 Å². The number of carbonyl (C=O) groups excluding carboxylic acids is 2. The number of nitrogens with zero attached hydrogens (tertiary/aromatic N) is 2. The fraction of sp³-hybridized carbons (Fsp3) is 0.438. The molecule has 1 unspecified atom stereocenters. The number of benzene rings is 1. The number of carbonyl (C=O) groups is 2. The van der Waals surface area contributed by atoms with Crippen LogP contribution in [0.2, 0.25) is 0 Å². The minimum Gasteiger partial charge on any atom is -0.614 e. The van der Waals surface area contributed by atoms with Gasteiger partial charge in [0.05, 0.1) is 18.2 Å². The second-order valence-electron chi connectivity index (χ2n) is 5.82. The van der Waals surface area contributed by atoms with E-state index in [4.69, 9.17) is 4.74 Å². The Morgan fingerprint density at radius 2 is 2.00 bits per heavy atom. The molecule has 0 bridgehead atoms. The Bertz CT molecular complexity index is 709. The molecule has 1 aromatic rings. The van der Waals surface area contributed by atoms with Crippen molar-refractivity contribution in [3.8, 4) is 5.75 Å². The van der Waals surface area contributed by atoms with E-state index in [0.29, 0.717) is 12.1 Å². The molecule has 150 valence electrons. The van der Waals surface area contributed by atoms with Gasteiger partial charge in [-0.05, 0) is 36.3 Å². The van der Waals surface area contributed by atoms with Crippen molar-refractivity contribution in [2.24, 2.45) is 4.99 Å². The summed E-state index contributed by atoms with van der Waals surface area (Å²) in [5, 5.41) is 2.29. The van der Waals surface area contributed by atoms with Crippen LogP contribution in [0.1, 0.15) is 22.8 Å². The van der Waals surface area contributed by atoms with Gasteiger partial charge in [0, 0.05) is 19.7 Å². The summed E-state index contributed by atoms with van der Waals surface area (Å²) in [7, 11) is 3.29. The van der Waals surface area contributed by atoms with Gasteiger partial charge in [0.2, 0.25) is 5.94 Å². The first-order chi connectivity index (χ1) is 12.4. The third-order valence-electron chi connectivity index (χ3n) is 3.02. The first-order valence-electron chi connectivity index (χ1n) is 7.60. The molecule has 0 aliphatic heterocycles. The Balaban J connectivity index is 3.03. The molecule has 0 saturated carbocycles. The highest BCUT2D eigenvalue weighted by molar-refractivity contribution is 7.90. The highest BCUT2D eigenvalue weighted by atomic mass is 32.2. The van der Waals surface area contributed by atoms with Crippen molar-refractivity contribution >= 4 is 29.3 Å². The second kappa shape index (κ2) is 9.60. The van der Waals surface area contributed by atoms with E-state index in [1.54, 1.807) is 14.1 Å². The van der Waals surface area contributed by atoms with E-state index < -0.39 is 40.8 Å². The van der Waals surface area contributed by atoms with Crippen molar-refractivity contribution in [3.05, 3.63) is 29.3 Å². The number of ether oxygens (including phenoxy) is 1. The third-order valence-corrected chi connectivity index (χ3v) is 3.47. The van der Waals surface area contributed by atoms with Crippen LogP contribution >= 0.6 is 0 Å². The maximum atomic E-state index is 13.1.